The summed E-state index contributed by atoms with van der Waals surface area (Å²) in [7, 11) is 0. The third-order valence-electron chi connectivity index (χ3n) is 4.53. The number of rotatable bonds is 8. The molecule has 0 fully saturated rings. The van der Waals surface area contributed by atoms with Crippen molar-refractivity contribution in [1.82, 2.24) is 15.0 Å². The lowest BCUT2D eigenvalue weighted by atomic mass is 10.2. The first-order valence-electron chi connectivity index (χ1n) is 9.28. The predicted molar refractivity (Wildman–Crippen MR) is 110 cm³/mol. The minimum Gasteiger partial charge on any atom is -0.372 e. The summed E-state index contributed by atoms with van der Waals surface area (Å²) >= 11 is 0. The van der Waals surface area contributed by atoms with Crippen LogP contribution < -0.4 is 10.3 Å². The van der Waals surface area contributed by atoms with Gasteiger partial charge in [-0.3, -0.25) is 4.79 Å². The van der Waals surface area contributed by atoms with Gasteiger partial charge in [0.2, 0.25) is 5.91 Å². The molecule has 0 unspecified atom stereocenters. The first-order valence-corrected chi connectivity index (χ1v) is 9.28. The zero-order valence-electron chi connectivity index (χ0n) is 15.8. The van der Waals surface area contributed by atoms with Crippen LogP contribution in [0.25, 0.3) is 11.0 Å². The van der Waals surface area contributed by atoms with Gasteiger partial charge in [-0.1, -0.05) is 24.3 Å². The van der Waals surface area contributed by atoms with E-state index in [1.54, 1.807) is 12.5 Å². The van der Waals surface area contributed by atoms with E-state index in [1.165, 1.54) is 5.69 Å². The zero-order chi connectivity index (χ0) is 19.1. The quantitative estimate of drug-likeness (QED) is 0.493. The van der Waals surface area contributed by atoms with E-state index in [9.17, 15) is 4.79 Å². The second-order valence-corrected chi connectivity index (χ2v) is 6.23. The van der Waals surface area contributed by atoms with Gasteiger partial charge in [0.05, 0.1) is 23.6 Å². The molecule has 140 valence electrons. The lowest BCUT2D eigenvalue weighted by Gasteiger charge is -2.20. The molecule has 0 aliphatic carbocycles. The zero-order valence-corrected chi connectivity index (χ0v) is 15.8. The molecule has 1 aromatic heterocycles. The van der Waals surface area contributed by atoms with Crippen molar-refractivity contribution in [3.63, 3.8) is 0 Å². The number of imidazole rings is 1. The molecule has 1 heterocycles. The Labute approximate surface area is 159 Å². The average molecular weight is 363 g/mol. The van der Waals surface area contributed by atoms with Crippen LogP contribution in [0.2, 0.25) is 0 Å². The summed E-state index contributed by atoms with van der Waals surface area (Å²) in [5.74, 6) is -0.121. The van der Waals surface area contributed by atoms with Crippen molar-refractivity contribution in [3.05, 3.63) is 60.4 Å². The molecule has 1 amide bonds. The van der Waals surface area contributed by atoms with Crippen LogP contribution >= 0.6 is 0 Å². The third-order valence-corrected chi connectivity index (χ3v) is 4.53. The van der Waals surface area contributed by atoms with E-state index in [4.69, 9.17) is 0 Å². The Bertz CT molecular complexity index is 910. The Balaban J connectivity index is 1.50. The van der Waals surface area contributed by atoms with Gasteiger partial charge >= 0.3 is 0 Å². The molecule has 2 aromatic carbocycles. The maximum absolute atomic E-state index is 12.0. The molecule has 6 heteroatoms. The Morgan fingerprint density at radius 3 is 2.63 bits per heavy atom. The molecule has 0 spiro atoms. The molecular formula is C21H25N5O. The molecule has 27 heavy (non-hydrogen) atoms. The molecule has 0 radical (unpaired) electrons. The number of hydrogen-bond acceptors (Lipinski definition) is 4. The second-order valence-electron chi connectivity index (χ2n) is 6.23. The average Bonchev–Trinajstić information content (AvgIpc) is 3.12. The number of aromatic nitrogens is 2. The molecular weight excluding hydrogens is 338 g/mol. The number of carbonyl (C=O) groups excluding carboxylic acids is 1. The van der Waals surface area contributed by atoms with Gasteiger partial charge in [-0.15, -0.1) is 0 Å². The molecule has 0 saturated heterocycles. The molecule has 0 bridgehead atoms. The highest BCUT2D eigenvalue weighted by Crippen LogP contribution is 2.14. The van der Waals surface area contributed by atoms with Gasteiger partial charge in [0.1, 0.15) is 0 Å². The van der Waals surface area contributed by atoms with Crippen LogP contribution in [-0.4, -0.2) is 34.8 Å². The second kappa shape index (κ2) is 8.98. The van der Waals surface area contributed by atoms with Crippen LogP contribution in [0.1, 0.15) is 25.8 Å². The summed E-state index contributed by atoms with van der Waals surface area (Å²) in [5, 5.41) is 4.06. The smallest absolute Gasteiger partial charge is 0.241 e. The summed E-state index contributed by atoms with van der Waals surface area (Å²) in [6, 6.07) is 16.0. The van der Waals surface area contributed by atoms with E-state index in [1.807, 2.05) is 41.0 Å². The molecule has 6 nitrogen and oxygen atoms in total. The minimum absolute atomic E-state index is 0.121. The normalized spacial score (nSPS) is 11.2. The summed E-state index contributed by atoms with van der Waals surface area (Å²) in [5.41, 5.74) is 6.69. The predicted octanol–water partition coefficient (Wildman–Crippen LogP) is 3.42. The molecule has 3 aromatic rings. The van der Waals surface area contributed by atoms with Gasteiger partial charge in [-0.05, 0) is 43.7 Å². The first-order chi connectivity index (χ1) is 13.2. The Morgan fingerprint density at radius 1 is 1.15 bits per heavy atom. The number of hydrogen-bond donors (Lipinski definition) is 1. The van der Waals surface area contributed by atoms with Gasteiger partial charge in [0.25, 0.3) is 0 Å². The summed E-state index contributed by atoms with van der Waals surface area (Å²) < 4.78 is 1.98. The van der Waals surface area contributed by atoms with Crippen molar-refractivity contribution in [2.75, 3.05) is 18.0 Å². The molecule has 3 rings (SSSR count). The van der Waals surface area contributed by atoms with Gasteiger partial charge in [-0.2, -0.15) is 5.10 Å². The van der Waals surface area contributed by atoms with E-state index in [0.717, 1.165) is 29.7 Å². The highest BCUT2D eigenvalue weighted by atomic mass is 16.2. The van der Waals surface area contributed by atoms with Crippen LogP contribution in [0.5, 0.6) is 0 Å². The Morgan fingerprint density at radius 2 is 1.89 bits per heavy atom. The van der Waals surface area contributed by atoms with Crippen molar-refractivity contribution in [2.24, 2.45) is 5.10 Å². The van der Waals surface area contributed by atoms with Crippen molar-refractivity contribution >= 4 is 28.8 Å². The van der Waals surface area contributed by atoms with Gasteiger partial charge in [0, 0.05) is 31.7 Å². The van der Waals surface area contributed by atoms with E-state index in [-0.39, 0.29) is 5.91 Å². The van der Waals surface area contributed by atoms with Crippen LogP contribution in [0.15, 0.2) is 60.0 Å². The molecule has 0 atom stereocenters. The number of aryl methyl sites for hydroxylation is 1. The van der Waals surface area contributed by atoms with Gasteiger partial charge in [0.15, 0.2) is 0 Å². The van der Waals surface area contributed by atoms with Crippen molar-refractivity contribution in [1.29, 1.82) is 0 Å². The number of fused-ring (bicyclic) bond motifs is 1. The molecule has 0 aliphatic heterocycles. The molecule has 1 N–H and O–H groups in total. The van der Waals surface area contributed by atoms with Gasteiger partial charge < -0.3 is 9.47 Å². The fourth-order valence-corrected chi connectivity index (χ4v) is 3.01. The van der Waals surface area contributed by atoms with Gasteiger partial charge in [-0.25, -0.2) is 10.4 Å². The van der Waals surface area contributed by atoms with E-state index in [2.05, 4.69) is 46.4 Å². The van der Waals surface area contributed by atoms with Crippen molar-refractivity contribution in [2.45, 2.75) is 26.8 Å². The maximum Gasteiger partial charge on any atom is 0.241 e. The standard InChI is InChI=1S/C21H25N5O/c1-3-25(4-2)18-11-9-17(10-12-18)15-23-24-21(27)13-14-26-16-22-19-7-5-6-8-20(19)26/h5-12,15-16H,3-4,13-14H2,1-2H3,(H,24,27). The lowest BCUT2D eigenvalue weighted by Crippen LogP contribution is -2.21. The van der Waals surface area contributed by atoms with E-state index < -0.39 is 0 Å². The highest BCUT2D eigenvalue weighted by Gasteiger charge is 2.05. The Kier molecular flexibility index (Phi) is 6.20. The van der Waals surface area contributed by atoms with E-state index in [0.29, 0.717) is 13.0 Å². The fraction of sp³-hybridized carbons (Fsp3) is 0.286. The fourth-order valence-electron chi connectivity index (χ4n) is 3.01. The molecule has 0 saturated carbocycles. The number of anilines is 1. The number of nitrogens with one attached hydrogen (secondary N) is 1. The minimum atomic E-state index is -0.121. The lowest BCUT2D eigenvalue weighted by molar-refractivity contribution is -0.121. The summed E-state index contributed by atoms with van der Waals surface area (Å²) in [6.07, 6.45) is 3.77. The number of carbonyl (C=O) groups is 1. The first kappa shape index (κ1) is 18.6. The van der Waals surface area contributed by atoms with Crippen molar-refractivity contribution < 1.29 is 4.79 Å². The molecule has 0 aliphatic rings. The van der Waals surface area contributed by atoms with Crippen LogP contribution in [0.4, 0.5) is 5.69 Å². The van der Waals surface area contributed by atoms with Crippen LogP contribution in [0, 0.1) is 0 Å². The largest absolute Gasteiger partial charge is 0.372 e. The van der Waals surface area contributed by atoms with Crippen molar-refractivity contribution in [3.8, 4) is 0 Å². The maximum atomic E-state index is 12.0. The Hall–Kier alpha value is -3.15. The number of benzene rings is 2. The van der Waals surface area contributed by atoms with Crippen LogP contribution in [-0.2, 0) is 11.3 Å². The summed E-state index contributed by atoms with van der Waals surface area (Å²) in [4.78, 5) is 18.6. The SMILES string of the molecule is CCN(CC)c1ccc(C=NNC(=O)CCn2cnc3ccccc32)cc1. The summed E-state index contributed by atoms with van der Waals surface area (Å²) in [6.45, 7) is 6.81. The third kappa shape index (κ3) is 4.73. The number of amides is 1. The number of nitrogens with zero attached hydrogens (tertiary/aromatic N) is 4. The topological polar surface area (TPSA) is 62.5 Å². The monoisotopic (exact) mass is 363 g/mol. The van der Waals surface area contributed by atoms with E-state index >= 15 is 0 Å². The van der Waals surface area contributed by atoms with Crippen LogP contribution in [0.3, 0.4) is 0 Å². The number of hydrazone groups is 1. The number of para-hydroxylation sites is 2. The highest BCUT2D eigenvalue weighted by molar-refractivity contribution is 5.83.